The van der Waals surface area contributed by atoms with Gasteiger partial charge in [-0.25, -0.2) is 4.98 Å². The average Bonchev–Trinajstić information content (AvgIpc) is 2.96. The Morgan fingerprint density at radius 3 is 2.74 bits per heavy atom. The average molecular weight is 261 g/mol. The van der Waals surface area contributed by atoms with E-state index in [0.29, 0.717) is 18.4 Å². The van der Waals surface area contributed by atoms with Crippen molar-refractivity contribution < 1.29 is 4.42 Å². The van der Waals surface area contributed by atoms with Crippen LogP contribution in [0.5, 0.6) is 0 Å². The number of hydrogen-bond donors (Lipinski definition) is 2. The van der Waals surface area contributed by atoms with Gasteiger partial charge in [-0.15, -0.1) is 0 Å². The molecule has 0 bridgehead atoms. The lowest BCUT2D eigenvalue weighted by Gasteiger charge is -2.15. The van der Waals surface area contributed by atoms with Gasteiger partial charge in [0.05, 0.1) is 6.20 Å². The summed E-state index contributed by atoms with van der Waals surface area (Å²) in [4.78, 5) is 7.75. The Morgan fingerprint density at radius 1 is 1.37 bits per heavy atom. The maximum atomic E-state index is 5.83. The largest absolute Gasteiger partial charge is 0.460 e. The maximum Gasteiger partial charge on any atom is 0.152 e. The molecule has 2 aromatic rings. The first-order valence-corrected chi connectivity index (χ1v) is 6.89. The van der Waals surface area contributed by atoms with Gasteiger partial charge in [-0.3, -0.25) is 0 Å². The molecule has 0 aliphatic heterocycles. The molecular weight excluding hydrogens is 238 g/mol. The third-order valence-electron chi connectivity index (χ3n) is 3.25. The molecule has 4 heteroatoms. The molecule has 3 N–H and O–H groups in total. The van der Waals surface area contributed by atoms with Crippen molar-refractivity contribution in [3.05, 3.63) is 29.9 Å². The van der Waals surface area contributed by atoms with Gasteiger partial charge in [0.1, 0.15) is 17.3 Å². The normalized spacial score (nSPS) is 13.1. The van der Waals surface area contributed by atoms with E-state index in [4.69, 9.17) is 10.2 Å². The van der Waals surface area contributed by atoms with Crippen LogP contribution < -0.4 is 5.73 Å². The van der Waals surface area contributed by atoms with Gasteiger partial charge < -0.3 is 15.1 Å². The molecule has 0 fully saturated rings. The van der Waals surface area contributed by atoms with Crippen molar-refractivity contribution in [2.24, 2.45) is 17.6 Å². The smallest absolute Gasteiger partial charge is 0.152 e. The topological polar surface area (TPSA) is 67.8 Å². The molecule has 1 unspecified atom stereocenters. The zero-order valence-electron chi connectivity index (χ0n) is 11.9. The van der Waals surface area contributed by atoms with Gasteiger partial charge in [-0.05, 0) is 43.9 Å². The Labute approximate surface area is 114 Å². The summed E-state index contributed by atoms with van der Waals surface area (Å²) in [6.07, 6.45) is 3.86. The second kappa shape index (κ2) is 6.06. The molecule has 1 atom stereocenters. The Balaban J connectivity index is 2.04. The molecule has 2 heterocycles. The molecule has 4 nitrogen and oxygen atoms in total. The molecule has 19 heavy (non-hydrogen) atoms. The monoisotopic (exact) mass is 261 g/mol. The number of nitrogens with two attached hydrogens (primary N) is 1. The molecular formula is C15H23N3O. The molecule has 0 saturated heterocycles. The summed E-state index contributed by atoms with van der Waals surface area (Å²) < 4.78 is 5.58. The van der Waals surface area contributed by atoms with Crippen LogP contribution in [0.2, 0.25) is 0 Å². The standard InChI is InChI=1S/C15H23N3O/c1-10(2)6-12(8-16)7-15-17-9-13(18-15)14-5-4-11(3)19-14/h4-5,9-10,12H,6-8,16H2,1-3H3,(H,17,18). The first-order chi connectivity index (χ1) is 9.08. The summed E-state index contributed by atoms with van der Waals surface area (Å²) in [6.45, 7) is 7.09. The second-order valence-corrected chi connectivity index (χ2v) is 5.59. The minimum absolute atomic E-state index is 0.484. The van der Waals surface area contributed by atoms with Crippen LogP contribution in [0.3, 0.4) is 0 Å². The van der Waals surface area contributed by atoms with Gasteiger partial charge in [0.2, 0.25) is 0 Å². The number of aryl methyl sites for hydroxylation is 1. The Morgan fingerprint density at radius 2 is 2.16 bits per heavy atom. The zero-order chi connectivity index (χ0) is 13.8. The Kier molecular flexibility index (Phi) is 4.43. The number of nitrogens with one attached hydrogen (secondary N) is 1. The molecule has 104 valence electrons. The molecule has 0 saturated carbocycles. The van der Waals surface area contributed by atoms with Crippen LogP contribution in [-0.4, -0.2) is 16.5 Å². The van der Waals surface area contributed by atoms with Gasteiger partial charge in [0.25, 0.3) is 0 Å². The highest BCUT2D eigenvalue weighted by Gasteiger charge is 2.13. The third kappa shape index (κ3) is 3.70. The van der Waals surface area contributed by atoms with Gasteiger partial charge in [0, 0.05) is 6.42 Å². The van der Waals surface area contributed by atoms with Crippen molar-refractivity contribution in [1.82, 2.24) is 9.97 Å². The lowest BCUT2D eigenvalue weighted by atomic mass is 9.94. The zero-order valence-corrected chi connectivity index (χ0v) is 11.9. The maximum absolute atomic E-state index is 5.83. The van der Waals surface area contributed by atoms with Crippen molar-refractivity contribution in [1.29, 1.82) is 0 Å². The third-order valence-corrected chi connectivity index (χ3v) is 3.25. The molecule has 2 rings (SSSR count). The number of H-pyrrole nitrogens is 1. The number of rotatable bonds is 6. The van der Waals surface area contributed by atoms with Crippen LogP contribution in [0.1, 0.15) is 31.9 Å². The molecule has 0 amide bonds. The minimum atomic E-state index is 0.484. The lowest BCUT2D eigenvalue weighted by Crippen LogP contribution is -2.19. The highest BCUT2D eigenvalue weighted by atomic mass is 16.3. The van der Waals surface area contributed by atoms with Crippen LogP contribution in [0.4, 0.5) is 0 Å². The summed E-state index contributed by atoms with van der Waals surface area (Å²) in [5, 5.41) is 0. The molecule has 0 aliphatic rings. The van der Waals surface area contributed by atoms with Gasteiger partial charge in [0.15, 0.2) is 5.76 Å². The molecule has 2 aromatic heterocycles. The van der Waals surface area contributed by atoms with E-state index in [1.807, 2.05) is 25.3 Å². The number of hydrogen-bond acceptors (Lipinski definition) is 3. The van der Waals surface area contributed by atoms with Crippen molar-refractivity contribution in [3.63, 3.8) is 0 Å². The minimum Gasteiger partial charge on any atom is -0.460 e. The number of furan rings is 1. The summed E-state index contributed by atoms with van der Waals surface area (Å²) in [5.41, 5.74) is 6.76. The number of imidazole rings is 1. The van der Waals surface area contributed by atoms with Crippen LogP contribution >= 0.6 is 0 Å². The molecule has 0 aliphatic carbocycles. The second-order valence-electron chi connectivity index (χ2n) is 5.59. The Bertz CT molecular complexity index is 513. The first-order valence-electron chi connectivity index (χ1n) is 6.89. The highest BCUT2D eigenvalue weighted by Crippen LogP contribution is 2.21. The summed E-state index contributed by atoms with van der Waals surface area (Å²) >= 11 is 0. The van der Waals surface area contributed by atoms with Gasteiger partial charge in [-0.2, -0.15) is 0 Å². The van der Waals surface area contributed by atoms with Crippen LogP contribution in [0.25, 0.3) is 11.5 Å². The van der Waals surface area contributed by atoms with E-state index in [-0.39, 0.29) is 0 Å². The van der Waals surface area contributed by atoms with E-state index < -0.39 is 0 Å². The predicted molar refractivity (Wildman–Crippen MR) is 76.7 cm³/mol. The van der Waals surface area contributed by atoms with E-state index in [1.54, 1.807) is 0 Å². The lowest BCUT2D eigenvalue weighted by molar-refractivity contribution is 0.409. The van der Waals surface area contributed by atoms with Crippen molar-refractivity contribution in [2.45, 2.75) is 33.6 Å². The number of aromatic nitrogens is 2. The molecule has 0 radical (unpaired) electrons. The molecule has 0 spiro atoms. The van der Waals surface area contributed by atoms with E-state index in [9.17, 15) is 0 Å². The van der Waals surface area contributed by atoms with Gasteiger partial charge in [-0.1, -0.05) is 13.8 Å². The Hall–Kier alpha value is -1.55. The van der Waals surface area contributed by atoms with Gasteiger partial charge >= 0.3 is 0 Å². The summed E-state index contributed by atoms with van der Waals surface area (Å²) in [7, 11) is 0. The predicted octanol–water partition coefficient (Wildman–Crippen LogP) is 3.14. The number of nitrogens with zero attached hydrogens (tertiary/aromatic N) is 1. The fraction of sp³-hybridized carbons (Fsp3) is 0.533. The van der Waals surface area contributed by atoms with Crippen LogP contribution in [0.15, 0.2) is 22.7 Å². The first kappa shape index (κ1) is 13.9. The fourth-order valence-electron chi connectivity index (χ4n) is 2.37. The van der Waals surface area contributed by atoms with Crippen molar-refractivity contribution >= 4 is 0 Å². The fourth-order valence-corrected chi connectivity index (χ4v) is 2.37. The quantitative estimate of drug-likeness (QED) is 0.839. The van der Waals surface area contributed by atoms with E-state index in [2.05, 4.69) is 23.8 Å². The van der Waals surface area contributed by atoms with Crippen LogP contribution in [-0.2, 0) is 6.42 Å². The summed E-state index contributed by atoms with van der Waals surface area (Å²) in [6, 6.07) is 3.92. The molecule has 0 aromatic carbocycles. The number of aromatic amines is 1. The van der Waals surface area contributed by atoms with Crippen molar-refractivity contribution in [2.75, 3.05) is 6.54 Å². The SMILES string of the molecule is Cc1ccc(-c2cnc(CC(CN)CC(C)C)[nH]2)o1. The van der Waals surface area contributed by atoms with E-state index in [0.717, 1.165) is 35.9 Å². The highest BCUT2D eigenvalue weighted by molar-refractivity contribution is 5.51. The summed E-state index contributed by atoms with van der Waals surface area (Å²) in [5.74, 6) is 3.88. The van der Waals surface area contributed by atoms with Crippen LogP contribution in [0, 0.1) is 18.8 Å². The van der Waals surface area contributed by atoms with E-state index >= 15 is 0 Å². The van der Waals surface area contributed by atoms with Crippen molar-refractivity contribution in [3.8, 4) is 11.5 Å². The van der Waals surface area contributed by atoms with E-state index in [1.165, 1.54) is 0 Å².